The Kier molecular flexibility index (Phi) is 3.24. The minimum absolute atomic E-state index is 0.233. The Morgan fingerprint density at radius 2 is 2.09 bits per heavy atom. The molecule has 0 aliphatic rings. The van der Waals surface area contributed by atoms with Crippen molar-refractivity contribution < 1.29 is 4.74 Å². The molecule has 0 radical (unpaired) electrons. The van der Waals surface area contributed by atoms with Gasteiger partial charge in [-0.25, -0.2) is 0 Å². The van der Waals surface area contributed by atoms with Crippen molar-refractivity contribution in [3.8, 4) is 0 Å². The van der Waals surface area contributed by atoms with Gasteiger partial charge in [0.15, 0.2) is 0 Å². The largest absolute Gasteiger partial charge is 0.366 e. The first kappa shape index (κ1) is 8.91. The number of hydrogen-bond donors (Lipinski definition) is 1. The molecule has 0 aliphatic heterocycles. The molecule has 1 aromatic rings. The van der Waals surface area contributed by atoms with Crippen molar-refractivity contribution in [2.45, 2.75) is 5.44 Å². The van der Waals surface area contributed by atoms with Gasteiger partial charge in [0.25, 0.3) is 0 Å². The van der Waals surface area contributed by atoms with Crippen LogP contribution in [0.2, 0.25) is 5.02 Å². The van der Waals surface area contributed by atoms with Crippen molar-refractivity contribution in [2.24, 2.45) is 0 Å². The molecular weight excluding hydrogens is 180 g/mol. The van der Waals surface area contributed by atoms with E-state index < -0.39 is 0 Å². The first-order valence-electron chi connectivity index (χ1n) is 3.21. The van der Waals surface area contributed by atoms with Crippen LogP contribution >= 0.6 is 24.2 Å². The molecule has 0 heterocycles. The number of thiol groups is 1. The van der Waals surface area contributed by atoms with Gasteiger partial charge >= 0.3 is 0 Å². The van der Waals surface area contributed by atoms with E-state index in [9.17, 15) is 0 Å². The molecule has 11 heavy (non-hydrogen) atoms. The molecule has 0 fully saturated rings. The monoisotopic (exact) mass is 188 g/mol. The summed E-state index contributed by atoms with van der Waals surface area (Å²) < 4.78 is 5.00. The Balaban J connectivity index is 2.93. The molecule has 1 unspecified atom stereocenters. The summed E-state index contributed by atoms with van der Waals surface area (Å²) in [6, 6.07) is 7.49. The maximum absolute atomic E-state index is 5.87. The van der Waals surface area contributed by atoms with Gasteiger partial charge in [-0.05, 0) is 6.07 Å². The molecule has 0 saturated heterocycles. The van der Waals surface area contributed by atoms with E-state index in [1.165, 1.54) is 0 Å². The molecule has 0 aliphatic carbocycles. The molecule has 3 heteroatoms. The van der Waals surface area contributed by atoms with Crippen LogP contribution in [0.5, 0.6) is 0 Å². The number of rotatable bonds is 2. The third-order valence-electron chi connectivity index (χ3n) is 1.39. The molecule has 60 valence electrons. The van der Waals surface area contributed by atoms with E-state index in [2.05, 4.69) is 12.6 Å². The van der Waals surface area contributed by atoms with Crippen LogP contribution < -0.4 is 0 Å². The lowest BCUT2D eigenvalue weighted by Gasteiger charge is -2.09. The quantitative estimate of drug-likeness (QED) is 0.555. The van der Waals surface area contributed by atoms with Crippen LogP contribution in [0, 0.1) is 0 Å². The fraction of sp³-hybridized carbons (Fsp3) is 0.250. The average molecular weight is 189 g/mol. The van der Waals surface area contributed by atoms with Gasteiger partial charge in [-0.2, -0.15) is 0 Å². The van der Waals surface area contributed by atoms with Crippen LogP contribution in [0.15, 0.2) is 24.3 Å². The SMILES string of the molecule is COC(S)c1ccccc1Cl. The maximum atomic E-state index is 5.87. The minimum Gasteiger partial charge on any atom is -0.366 e. The van der Waals surface area contributed by atoms with E-state index in [1.807, 2.05) is 24.3 Å². The maximum Gasteiger partial charge on any atom is 0.126 e. The molecule has 1 aromatic carbocycles. The van der Waals surface area contributed by atoms with E-state index in [1.54, 1.807) is 7.11 Å². The molecule has 0 N–H and O–H groups in total. The summed E-state index contributed by atoms with van der Waals surface area (Å²) in [6.07, 6.45) is 0. The lowest BCUT2D eigenvalue weighted by atomic mass is 10.2. The second-order valence-electron chi connectivity index (χ2n) is 2.11. The number of benzene rings is 1. The molecule has 1 atom stereocenters. The average Bonchev–Trinajstić information content (AvgIpc) is 2.04. The van der Waals surface area contributed by atoms with Crippen molar-refractivity contribution in [3.05, 3.63) is 34.9 Å². The topological polar surface area (TPSA) is 9.23 Å². The number of hydrogen-bond acceptors (Lipinski definition) is 2. The smallest absolute Gasteiger partial charge is 0.126 e. The third kappa shape index (κ3) is 2.12. The second kappa shape index (κ2) is 4.00. The standard InChI is InChI=1S/C8H9ClOS/c1-10-8(11)6-4-2-3-5-7(6)9/h2-5,8,11H,1H3. The van der Waals surface area contributed by atoms with Crippen LogP contribution in [0.3, 0.4) is 0 Å². The highest BCUT2D eigenvalue weighted by Crippen LogP contribution is 2.26. The highest BCUT2D eigenvalue weighted by molar-refractivity contribution is 7.80. The molecule has 0 spiro atoms. The van der Waals surface area contributed by atoms with Crippen molar-refractivity contribution >= 4 is 24.2 Å². The van der Waals surface area contributed by atoms with Crippen molar-refractivity contribution in [1.29, 1.82) is 0 Å². The molecule has 1 nitrogen and oxygen atoms in total. The molecule has 0 aromatic heterocycles. The van der Waals surface area contributed by atoms with Gasteiger partial charge in [0.2, 0.25) is 0 Å². The first-order chi connectivity index (χ1) is 5.25. The fourth-order valence-electron chi connectivity index (χ4n) is 0.802. The molecule has 0 saturated carbocycles. The van der Waals surface area contributed by atoms with Gasteiger partial charge in [-0.15, -0.1) is 12.6 Å². The molecular formula is C8H9ClOS. The summed E-state index contributed by atoms with van der Waals surface area (Å²) in [4.78, 5) is 0. The van der Waals surface area contributed by atoms with E-state index in [0.717, 1.165) is 5.56 Å². The molecule has 0 amide bonds. The van der Waals surface area contributed by atoms with Crippen LogP contribution in [0.4, 0.5) is 0 Å². The summed E-state index contributed by atoms with van der Waals surface area (Å²) in [5.74, 6) is 0. The van der Waals surface area contributed by atoms with Gasteiger partial charge in [0.1, 0.15) is 5.44 Å². The van der Waals surface area contributed by atoms with Gasteiger partial charge in [-0.3, -0.25) is 0 Å². The highest BCUT2D eigenvalue weighted by Gasteiger charge is 2.06. The highest BCUT2D eigenvalue weighted by atomic mass is 35.5. The first-order valence-corrected chi connectivity index (χ1v) is 4.10. The number of halogens is 1. The van der Waals surface area contributed by atoms with E-state index >= 15 is 0 Å². The zero-order valence-corrected chi connectivity index (χ0v) is 7.77. The normalized spacial score (nSPS) is 13.0. The zero-order chi connectivity index (χ0) is 8.27. The van der Waals surface area contributed by atoms with Gasteiger partial charge in [0.05, 0.1) is 0 Å². The van der Waals surface area contributed by atoms with Crippen LogP contribution in [-0.4, -0.2) is 7.11 Å². The molecule has 0 bridgehead atoms. The zero-order valence-electron chi connectivity index (χ0n) is 6.12. The molecule has 1 rings (SSSR count). The van der Waals surface area contributed by atoms with Crippen molar-refractivity contribution in [3.63, 3.8) is 0 Å². The summed E-state index contributed by atoms with van der Waals surface area (Å²) >= 11 is 10.1. The Bertz CT molecular complexity index is 239. The van der Waals surface area contributed by atoms with Crippen LogP contribution in [-0.2, 0) is 4.74 Å². The summed E-state index contributed by atoms with van der Waals surface area (Å²) in [5, 5.41) is 0.689. The van der Waals surface area contributed by atoms with Gasteiger partial charge < -0.3 is 4.74 Å². The Morgan fingerprint density at radius 3 is 2.64 bits per heavy atom. The Morgan fingerprint density at radius 1 is 1.45 bits per heavy atom. The fourth-order valence-corrected chi connectivity index (χ4v) is 1.34. The van der Waals surface area contributed by atoms with Gasteiger partial charge in [-0.1, -0.05) is 29.8 Å². The minimum atomic E-state index is -0.233. The third-order valence-corrected chi connectivity index (χ3v) is 2.23. The van der Waals surface area contributed by atoms with E-state index in [-0.39, 0.29) is 5.44 Å². The Hall–Kier alpha value is -0.180. The Labute approximate surface area is 76.7 Å². The van der Waals surface area contributed by atoms with E-state index in [0.29, 0.717) is 5.02 Å². The van der Waals surface area contributed by atoms with Crippen LogP contribution in [0.1, 0.15) is 11.0 Å². The summed E-state index contributed by atoms with van der Waals surface area (Å²) in [7, 11) is 1.60. The van der Waals surface area contributed by atoms with E-state index in [4.69, 9.17) is 16.3 Å². The number of ether oxygens (including phenoxy) is 1. The lowest BCUT2D eigenvalue weighted by molar-refractivity contribution is 0.177. The number of methoxy groups -OCH3 is 1. The lowest BCUT2D eigenvalue weighted by Crippen LogP contribution is -1.92. The van der Waals surface area contributed by atoms with Crippen molar-refractivity contribution in [2.75, 3.05) is 7.11 Å². The van der Waals surface area contributed by atoms with Gasteiger partial charge in [0, 0.05) is 17.7 Å². The van der Waals surface area contributed by atoms with Crippen LogP contribution in [0.25, 0.3) is 0 Å². The predicted octanol–water partition coefficient (Wildman–Crippen LogP) is 2.91. The summed E-state index contributed by atoms with van der Waals surface area (Å²) in [5.41, 5.74) is 0.670. The predicted molar refractivity (Wildman–Crippen MR) is 50.2 cm³/mol. The second-order valence-corrected chi connectivity index (χ2v) is 2.99. The summed E-state index contributed by atoms with van der Waals surface area (Å²) in [6.45, 7) is 0. The van der Waals surface area contributed by atoms with Crippen molar-refractivity contribution in [1.82, 2.24) is 0 Å².